The SMILES string of the molecule is CNc1c(C)[nH]c(/C=C2\C(=O)Nc3cc(NC(=O)Nc4cc(C(C)(C)C)on4)ccc32)c1C. The number of nitrogens with zero attached hydrogens (tertiary/aromatic N) is 1. The van der Waals surface area contributed by atoms with Gasteiger partial charge in [-0.3, -0.25) is 10.1 Å². The summed E-state index contributed by atoms with van der Waals surface area (Å²) < 4.78 is 5.28. The number of aryl methyl sites for hydroxylation is 1. The summed E-state index contributed by atoms with van der Waals surface area (Å²) in [6.07, 6.45) is 1.85. The molecule has 3 aromatic rings. The van der Waals surface area contributed by atoms with Crippen LogP contribution in [0.5, 0.6) is 0 Å². The maximum atomic E-state index is 12.6. The van der Waals surface area contributed by atoms with Gasteiger partial charge in [0, 0.05) is 41.2 Å². The molecule has 33 heavy (non-hydrogen) atoms. The number of benzene rings is 1. The molecule has 1 aromatic carbocycles. The van der Waals surface area contributed by atoms with Crippen LogP contribution >= 0.6 is 0 Å². The molecule has 0 spiro atoms. The Bertz CT molecular complexity index is 1280. The van der Waals surface area contributed by atoms with Gasteiger partial charge in [0.25, 0.3) is 5.91 Å². The molecular weight excluding hydrogens is 420 g/mol. The number of H-pyrrole nitrogens is 1. The summed E-state index contributed by atoms with van der Waals surface area (Å²) in [6.45, 7) is 9.97. The van der Waals surface area contributed by atoms with Crippen LogP contribution in [0.15, 0.2) is 28.8 Å². The molecule has 0 radical (unpaired) electrons. The number of carbonyl (C=O) groups excluding carboxylic acids is 2. The summed E-state index contributed by atoms with van der Waals surface area (Å²) in [4.78, 5) is 28.4. The zero-order chi connectivity index (χ0) is 23.9. The Hall–Kier alpha value is -4.01. The maximum absolute atomic E-state index is 12.6. The lowest BCUT2D eigenvalue weighted by molar-refractivity contribution is -0.110. The quantitative estimate of drug-likeness (QED) is 0.355. The third kappa shape index (κ3) is 4.34. The van der Waals surface area contributed by atoms with Gasteiger partial charge in [0.2, 0.25) is 0 Å². The summed E-state index contributed by atoms with van der Waals surface area (Å²) in [6, 6.07) is 6.53. The number of urea groups is 1. The maximum Gasteiger partial charge on any atom is 0.324 e. The molecule has 1 aliphatic heterocycles. The fraction of sp³-hybridized carbons (Fsp3) is 0.292. The molecule has 0 saturated carbocycles. The molecule has 0 unspecified atom stereocenters. The number of aromatic nitrogens is 2. The van der Waals surface area contributed by atoms with E-state index in [1.807, 2.05) is 53.8 Å². The zero-order valence-electron chi connectivity index (χ0n) is 19.6. The third-order valence-corrected chi connectivity index (χ3v) is 5.57. The number of aromatic amines is 1. The Labute approximate surface area is 192 Å². The van der Waals surface area contributed by atoms with Gasteiger partial charge >= 0.3 is 6.03 Å². The van der Waals surface area contributed by atoms with Gasteiger partial charge < -0.3 is 25.5 Å². The molecule has 9 nitrogen and oxygen atoms in total. The van der Waals surface area contributed by atoms with E-state index in [1.165, 1.54) is 0 Å². The molecule has 0 atom stereocenters. The molecule has 5 N–H and O–H groups in total. The summed E-state index contributed by atoms with van der Waals surface area (Å²) >= 11 is 0. The van der Waals surface area contributed by atoms with Crippen LogP contribution in [-0.2, 0) is 10.2 Å². The number of hydrogen-bond donors (Lipinski definition) is 5. The van der Waals surface area contributed by atoms with Crippen molar-refractivity contribution >= 4 is 46.5 Å². The van der Waals surface area contributed by atoms with Crippen molar-refractivity contribution < 1.29 is 14.1 Å². The van der Waals surface area contributed by atoms with E-state index in [4.69, 9.17) is 4.52 Å². The smallest absolute Gasteiger partial charge is 0.324 e. The molecule has 172 valence electrons. The fourth-order valence-corrected chi connectivity index (χ4v) is 3.82. The van der Waals surface area contributed by atoms with E-state index in [0.29, 0.717) is 28.5 Å². The van der Waals surface area contributed by atoms with Crippen LogP contribution in [0, 0.1) is 13.8 Å². The van der Waals surface area contributed by atoms with Gasteiger partial charge in [-0.1, -0.05) is 32.0 Å². The molecule has 0 fully saturated rings. The minimum Gasteiger partial charge on any atom is -0.386 e. The second-order valence-electron chi connectivity index (χ2n) is 9.09. The van der Waals surface area contributed by atoms with E-state index in [-0.39, 0.29) is 11.3 Å². The second-order valence-corrected chi connectivity index (χ2v) is 9.09. The number of carbonyl (C=O) groups is 2. The van der Waals surface area contributed by atoms with E-state index < -0.39 is 6.03 Å². The first-order valence-corrected chi connectivity index (χ1v) is 10.7. The van der Waals surface area contributed by atoms with Crippen LogP contribution in [0.1, 0.15) is 49.0 Å². The lowest BCUT2D eigenvalue weighted by atomic mass is 9.93. The van der Waals surface area contributed by atoms with Crippen molar-refractivity contribution in [2.75, 3.05) is 28.3 Å². The predicted molar refractivity (Wildman–Crippen MR) is 131 cm³/mol. The Morgan fingerprint density at radius 3 is 2.55 bits per heavy atom. The number of nitrogens with one attached hydrogen (secondary N) is 5. The summed E-state index contributed by atoms with van der Waals surface area (Å²) in [5.41, 5.74) is 6.24. The predicted octanol–water partition coefficient (Wildman–Crippen LogP) is 5.10. The van der Waals surface area contributed by atoms with Crippen molar-refractivity contribution in [3.8, 4) is 0 Å². The summed E-state index contributed by atoms with van der Waals surface area (Å²) in [5.74, 6) is 0.808. The van der Waals surface area contributed by atoms with Crippen LogP contribution < -0.4 is 21.3 Å². The first-order valence-electron chi connectivity index (χ1n) is 10.7. The molecule has 0 saturated heterocycles. The average Bonchev–Trinajstić information content (AvgIpc) is 3.39. The Balaban J connectivity index is 1.51. The van der Waals surface area contributed by atoms with Gasteiger partial charge in [-0.05, 0) is 37.6 Å². The first kappa shape index (κ1) is 22.2. The molecular formula is C24H28N6O3. The van der Waals surface area contributed by atoms with Crippen LogP contribution in [-0.4, -0.2) is 29.1 Å². The Morgan fingerprint density at radius 2 is 1.91 bits per heavy atom. The molecule has 3 amide bonds. The van der Waals surface area contributed by atoms with E-state index in [0.717, 1.165) is 28.2 Å². The topological polar surface area (TPSA) is 124 Å². The van der Waals surface area contributed by atoms with Gasteiger partial charge in [-0.2, -0.15) is 0 Å². The summed E-state index contributed by atoms with van der Waals surface area (Å²) in [7, 11) is 1.87. The fourth-order valence-electron chi connectivity index (χ4n) is 3.82. The standard InChI is InChI=1S/C24H28N6O3/c1-12-17(26-13(2)21(12)25-6)10-16-15-8-7-14(9-18(15)28-22(16)31)27-23(32)29-20-11-19(33-30-20)24(3,4)5/h7-11,25-26H,1-6H3,(H,28,31)(H2,27,29,30,32)/b16-10-. The first-order chi connectivity index (χ1) is 15.6. The van der Waals surface area contributed by atoms with Crippen LogP contribution in [0.3, 0.4) is 0 Å². The van der Waals surface area contributed by atoms with Gasteiger partial charge in [0.1, 0.15) is 5.76 Å². The monoisotopic (exact) mass is 448 g/mol. The van der Waals surface area contributed by atoms with Gasteiger partial charge in [0.15, 0.2) is 5.82 Å². The lowest BCUT2D eigenvalue weighted by Gasteiger charge is -2.12. The van der Waals surface area contributed by atoms with E-state index in [9.17, 15) is 9.59 Å². The van der Waals surface area contributed by atoms with Crippen LogP contribution in [0.4, 0.5) is 27.7 Å². The molecule has 0 bridgehead atoms. The Morgan fingerprint density at radius 1 is 1.15 bits per heavy atom. The highest BCUT2D eigenvalue weighted by molar-refractivity contribution is 6.35. The van der Waals surface area contributed by atoms with E-state index in [2.05, 4.69) is 31.4 Å². The summed E-state index contributed by atoms with van der Waals surface area (Å²) in [5, 5.41) is 15.3. The minimum absolute atomic E-state index is 0.193. The van der Waals surface area contributed by atoms with Crippen molar-refractivity contribution in [1.29, 1.82) is 0 Å². The van der Waals surface area contributed by atoms with Gasteiger partial charge in [-0.25, -0.2) is 4.79 Å². The number of anilines is 4. The molecule has 3 heterocycles. The normalized spacial score (nSPS) is 14.2. The van der Waals surface area contributed by atoms with E-state index in [1.54, 1.807) is 18.2 Å². The highest BCUT2D eigenvalue weighted by atomic mass is 16.5. The number of fused-ring (bicyclic) bond motifs is 1. The van der Waals surface area contributed by atoms with Crippen molar-refractivity contribution in [3.05, 3.63) is 52.5 Å². The van der Waals surface area contributed by atoms with Crippen molar-refractivity contribution in [3.63, 3.8) is 0 Å². The molecule has 9 heteroatoms. The number of rotatable bonds is 4. The highest BCUT2D eigenvalue weighted by Crippen LogP contribution is 2.36. The lowest BCUT2D eigenvalue weighted by Crippen LogP contribution is -2.19. The van der Waals surface area contributed by atoms with Gasteiger partial charge in [0.05, 0.1) is 16.9 Å². The van der Waals surface area contributed by atoms with Gasteiger partial charge in [-0.15, -0.1) is 0 Å². The number of amides is 3. The second kappa shape index (κ2) is 8.16. The third-order valence-electron chi connectivity index (χ3n) is 5.57. The molecule has 0 aliphatic carbocycles. The van der Waals surface area contributed by atoms with Crippen molar-refractivity contribution in [1.82, 2.24) is 10.1 Å². The minimum atomic E-state index is -0.458. The molecule has 2 aromatic heterocycles. The van der Waals surface area contributed by atoms with Crippen LogP contribution in [0.25, 0.3) is 11.6 Å². The zero-order valence-corrected chi connectivity index (χ0v) is 19.6. The number of hydrogen-bond acceptors (Lipinski definition) is 5. The van der Waals surface area contributed by atoms with E-state index >= 15 is 0 Å². The van der Waals surface area contributed by atoms with Crippen LogP contribution in [0.2, 0.25) is 0 Å². The molecule has 1 aliphatic rings. The van der Waals surface area contributed by atoms with Crippen molar-refractivity contribution in [2.45, 2.75) is 40.0 Å². The largest absolute Gasteiger partial charge is 0.386 e. The molecule has 4 rings (SSSR count). The highest BCUT2D eigenvalue weighted by Gasteiger charge is 2.26. The average molecular weight is 449 g/mol. The Kier molecular flexibility index (Phi) is 5.49. The van der Waals surface area contributed by atoms with Crippen molar-refractivity contribution in [2.24, 2.45) is 0 Å².